The summed E-state index contributed by atoms with van der Waals surface area (Å²) in [6.45, 7) is 0. The van der Waals surface area contributed by atoms with E-state index in [2.05, 4.69) is 15.3 Å². The van der Waals surface area contributed by atoms with E-state index >= 15 is 0 Å². The predicted molar refractivity (Wildman–Crippen MR) is 106 cm³/mol. The zero-order valence-corrected chi connectivity index (χ0v) is 16.8. The van der Waals surface area contributed by atoms with Crippen molar-refractivity contribution in [2.45, 2.75) is 4.90 Å². The first-order chi connectivity index (χ1) is 12.8. The van der Waals surface area contributed by atoms with E-state index in [-0.39, 0.29) is 16.0 Å². The third-order valence-electron chi connectivity index (χ3n) is 3.64. The number of pyridine rings is 1. The fourth-order valence-corrected chi connectivity index (χ4v) is 3.98. The van der Waals surface area contributed by atoms with Gasteiger partial charge in [0.25, 0.3) is 5.91 Å². The highest BCUT2D eigenvalue weighted by Crippen LogP contribution is 2.26. The van der Waals surface area contributed by atoms with Gasteiger partial charge in [-0.2, -0.15) is 0 Å². The Morgan fingerprint density at radius 1 is 1.19 bits per heavy atom. The number of anilines is 1. The van der Waals surface area contributed by atoms with E-state index in [1.54, 1.807) is 23.6 Å². The second-order valence-electron chi connectivity index (χ2n) is 5.67. The fraction of sp³-hybridized carbons (Fsp3) is 0.118. The summed E-state index contributed by atoms with van der Waals surface area (Å²) < 4.78 is 25.4. The number of aromatic nitrogens is 2. The van der Waals surface area contributed by atoms with Gasteiger partial charge >= 0.3 is 0 Å². The Morgan fingerprint density at radius 2 is 1.89 bits per heavy atom. The number of nitrogens with one attached hydrogen (secondary N) is 1. The lowest BCUT2D eigenvalue weighted by Crippen LogP contribution is -2.22. The highest BCUT2D eigenvalue weighted by Gasteiger charge is 2.17. The minimum Gasteiger partial charge on any atom is -0.298 e. The Kier molecular flexibility index (Phi) is 5.56. The van der Waals surface area contributed by atoms with Crippen molar-refractivity contribution in [1.29, 1.82) is 0 Å². The number of carbonyl (C=O) groups excluding carboxylic acids is 1. The molecule has 0 saturated carbocycles. The Bertz CT molecular complexity index is 1080. The van der Waals surface area contributed by atoms with E-state index in [0.29, 0.717) is 16.4 Å². The third-order valence-corrected chi connectivity index (χ3v) is 6.44. The summed E-state index contributed by atoms with van der Waals surface area (Å²) in [5.74, 6) is -0.340. The Hall–Kier alpha value is -2.33. The van der Waals surface area contributed by atoms with Crippen molar-refractivity contribution in [3.63, 3.8) is 0 Å². The molecular formula is C17H15ClN4O3S2. The Labute approximate surface area is 165 Å². The average Bonchev–Trinajstić information content (AvgIpc) is 3.10. The number of hydrogen-bond donors (Lipinski definition) is 1. The van der Waals surface area contributed by atoms with Crippen molar-refractivity contribution in [2.75, 3.05) is 19.4 Å². The van der Waals surface area contributed by atoms with E-state index in [1.165, 1.54) is 49.8 Å². The molecular weight excluding hydrogens is 408 g/mol. The van der Waals surface area contributed by atoms with Gasteiger partial charge in [0.05, 0.1) is 10.6 Å². The number of halogens is 1. The van der Waals surface area contributed by atoms with Crippen LogP contribution in [0.1, 0.15) is 10.4 Å². The van der Waals surface area contributed by atoms with Crippen LogP contribution in [-0.2, 0) is 10.0 Å². The molecule has 0 saturated heterocycles. The van der Waals surface area contributed by atoms with Crippen LogP contribution in [0.25, 0.3) is 11.3 Å². The third kappa shape index (κ3) is 4.33. The average molecular weight is 423 g/mol. The zero-order chi connectivity index (χ0) is 19.6. The number of rotatable bonds is 5. The second kappa shape index (κ2) is 7.73. The van der Waals surface area contributed by atoms with Gasteiger partial charge in [-0.3, -0.25) is 10.1 Å². The number of nitrogens with zero attached hydrogens (tertiary/aromatic N) is 3. The van der Waals surface area contributed by atoms with Gasteiger partial charge in [0.15, 0.2) is 5.13 Å². The van der Waals surface area contributed by atoms with Crippen LogP contribution < -0.4 is 5.32 Å². The molecule has 0 bridgehead atoms. The molecule has 0 aliphatic heterocycles. The molecule has 27 heavy (non-hydrogen) atoms. The van der Waals surface area contributed by atoms with E-state index in [1.807, 2.05) is 0 Å². The molecule has 1 aromatic carbocycles. The SMILES string of the molecule is CN(C)S(=O)(=O)c1ccc(-c2csc(NC(=O)c3ccnc(Cl)c3)n2)cc1. The molecule has 0 aliphatic rings. The molecule has 7 nitrogen and oxygen atoms in total. The van der Waals surface area contributed by atoms with Crippen LogP contribution >= 0.6 is 22.9 Å². The van der Waals surface area contributed by atoms with Gasteiger partial charge in [-0.25, -0.2) is 22.7 Å². The molecule has 2 heterocycles. The van der Waals surface area contributed by atoms with Gasteiger partial charge < -0.3 is 0 Å². The summed E-state index contributed by atoms with van der Waals surface area (Å²) in [7, 11) is -0.517. The molecule has 3 rings (SSSR count). The van der Waals surface area contributed by atoms with Crippen molar-refractivity contribution in [3.8, 4) is 11.3 Å². The maximum absolute atomic E-state index is 12.2. The lowest BCUT2D eigenvalue weighted by atomic mass is 10.2. The number of sulfonamides is 1. The standard InChI is InChI=1S/C17H15ClN4O3S2/c1-22(2)27(24,25)13-5-3-11(4-6-13)14-10-26-17(20-14)21-16(23)12-7-8-19-15(18)9-12/h3-10H,1-2H3,(H,20,21,23). The first kappa shape index (κ1) is 19.4. The number of thiazole rings is 1. The summed E-state index contributed by atoms with van der Waals surface area (Å²) in [6, 6.07) is 9.44. The first-order valence-electron chi connectivity index (χ1n) is 7.69. The molecule has 140 valence electrons. The topological polar surface area (TPSA) is 92.3 Å². The molecule has 3 aromatic rings. The molecule has 0 aliphatic carbocycles. The number of amides is 1. The van der Waals surface area contributed by atoms with Crippen molar-refractivity contribution in [3.05, 3.63) is 58.7 Å². The highest BCUT2D eigenvalue weighted by molar-refractivity contribution is 7.89. The minimum atomic E-state index is -3.48. The fourth-order valence-electron chi connectivity index (χ4n) is 2.19. The van der Waals surface area contributed by atoms with Crippen molar-refractivity contribution < 1.29 is 13.2 Å². The van der Waals surface area contributed by atoms with Crippen molar-refractivity contribution >= 4 is 44.0 Å². The van der Waals surface area contributed by atoms with Crippen molar-refractivity contribution in [2.24, 2.45) is 0 Å². The van der Waals surface area contributed by atoms with Gasteiger partial charge in [-0.1, -0.05) is 23.7 Å². The van der Waals surface area contributed by atoms with Gasteiger partial charge in [0.1, 0.15) is 5.15 Å². The molecule has 2 aromatic heterocycles. The largest absolute Gasteiger partial charge is 0.298 e. The Morgan fingerprint density at radius 3 is 2.52 bits per heavy atom. The normalized spacial score (nSPS) is 11.6. The molecule has 0 unspecified atom stereocenters. The molecule has 1 amide bonds. The predicted octanol–water partition coefficient (Wildman–Crippen LogP) is 3.36. The zero-order valence-electron chi connectivity index (χ0n) is 14.4. The van der Waals surface area contributed by atoms with E-state index in [9.17, 15) is 13.2 Å². The first-order valence-corrected chi connectivity index (χ1v) is 10.4. The van der Waals surface area contributed by atoms with Gasteiger partial charge in [0.2, 0.25) is 10.0 Å². The maximum Gasteiger partial charge on any atom is 0.257 e. The monoisotopic (exact) mass is 422 g/mol. The summed E-state index contributed by atoms with van der Waals surface area (Å²) >= 11 is 7.06. The van der Waals surface area contributed by atoms with Gasteiger partial charge in [-0.15, -0.1) is 11.3 Å². The lowest BCUT2D eigenvalue weighted by Gasteiger charge is -2.11. The smallest absolute Gasteiger partial charge is 0.257 e. The summed E-state index contributed by atoms with van der Waals surface area (Å²) in [5, 5.41) is 5.14. The number of carbonyl (C=O) groups is 1. The summed E-state index contributed by atoms with van der Waals surface area (Å²) in [4.78, 5) is 20.6. The van der Waals surface area contributed by atoms with Crippen LogP contribution in [0.3, 0.4) is 0 Å². The van der Waals surface area contributed by atoms with Gasteiger partial charge in [-0.05, 0) is 24.3 Å². The molecule has 10 heteroatoms. The summed E-state index contributed by atoms with van der Waals surface area (Å²) in [6.07, 6.45) is 1.45. The highest BCUT2D eigenvalue weighted by atomic mass is 35.5. The van der Waals surface area contributed by atoms with E-state index in [0.717, 1.165) is 9.87 Å². The van der Waals surface area contributed by atoms with E-state index < -0.39 is 10.0 Å². The second-order valence-corrected chi connectivity index (χ2v) is 9.07. The number of benzene rings is 1. The van der Waals surface area contributed by atoms with E-state index in [4.69, 9.17) is 11.6 Å². The molecule has 1 N–H and O–H groups in total. The van der Waals surface area contributed by atoms with Crippen LogP contribution in [0, 0.1) is 0 Å². The molecule has 0 atom stereocenters. The summed E-state index contributed by atoms with van der Waals surface area (Å²) in [5.41, 5.74) is 1.76. The van der Waals surface area contributed by atoms with Crippen LogP contribution in [0.4, 0.5) is 5.13 Å². The van der Waals surface area contributed by atoms with Crippen LogP contribution in [0.15, 0.2) is 52.9 Å². The quantitative estimate of drug-likeness (QED) is 0.636. The minimum absolute atomic E-state index is 0.203. The maximum atomic E-state index is 12.2. The molecule has 0 radical (unpaired) electrons. The van der Waals surface area contributed by atoms with Crippen molar-refractivity contribution in [1.82, 2.24) is 14.3 Å². The van der Waals surface area contributed by atoms with Crippen LogP contribution in [-0.4, -0.2) is 42.7 Å². The lowest BCUT2D eigenvalue weighted by molar-refractivity contribution is 0.102. The molecule has 0 fully saturated rings. The number of hydrogen-bond acceptors (Lipinski definition) is 6. The van der Waals surface area contributed by atoms with Gasteiger partial charge in [0, 0.05) is 36.8 Å². The molecule has 0 spiro atoms. The Balaban J connectivity index is 1.77. The van der Waals surface area contributed by atoms with Crippen LogP contribution in [0.2, 0.25) is 5.15 Å². The van der Waals surface area contributed by atoms with Crippen LogP contribution in [0.5, 0.6) is 0 Å².